The maximum atomic E-state index is 11.6. The van der Waals surface area contributed by atoms with E-state index in [1.165, 1.54) is 0 Å². The zero-order valence-electron chi connectivity index (χ0n) is 10.0. The second kappa shape index (κ2) is 5.84. The number of hydrogen-bond acceptors (Lipinski definition) is 3. The topological polar surface area (TPSA) is 44.4 Å². The minimum absolute atomic E-state index is 0. The van der Waals surface area contributed by atoms with Crippen LogP contribution in [0.1, 0.15) is 13.8 Å². The summed E-state index contributed by atoms with van der Waals surface area (Å²) in [7, 11) is 0. The lowest BCUT2D eigenvalue weighted by molar-refractivity contribution is -0.122. The van der Waals surface area contributed by atoms with E-state index >= 15 is 0 Å². The van der Waals surface area contributed by atoms with Gasteiger partial charge in [-0.1, -0.05) is 0 Å². The standard InChI is InChI=1S/C11H21N3O.ClH/c1-8(2)13-11(15)7-14-5-9-3-12-4-10(9)6-14;/h8-10,12H,3-7H2,1-2H3,(H,13,15);1H/t9-,10+;. The second-order valence-electron chi connectivity index (χ2n) is 5.09. The molecule has 2 rings (SSSR count). The first-order chi connectivity index (χ1) is 7.15. The van der Waals surface area contributed by atoms with Crippen LogP contribution >= 0.6 is 12.4 Å². The highest BCUT2D eigenvalue weighted by molar-refractivity contribution is 5.85. The van der Waals surface area contributed by atoms with Crippen LogP contribution < -0.4 is 10.6 Å². The molecule has 2 N–H and O–H groups in total. The maximum Gasteiger partial charge on any atom is 0.234 e. The lowest BCUT2D eigenvalue weighted by Gasteiger charge is -2.17. The molecule has 0 spiro atoms. The van der Waals surface area contributed by atoms with E-state index < -0.39 is 0 Å². The summed E-state index contributed by atoms with van der Waals surface area (Å²) in [4.78, 5) is 13.8. The molecule has 0 aromatic carbocycles. The van der Waals surface area contributed by atoms with Gasteiger partial charge in [0.2, 0.25) is 5.91 Å². The number of hydrogen-bond donors (Lipinski definition) is 2. The summed E-state index contributed by atoms with van der Waals surface area (Å²) in [5.41, 5.74) is 0. The van der Waals surface area contributed by atoms with Crippen molar-refractivity contribution in [3.8, 4) is 0 Å². The van der Waals surface area contributed by atoms with Crippen molar-refractivity contribution in [1.82, 2.24) is 15.5 Å². The van der Waals surface area contributed by atoms with Crippen molar-refractivity contribution in [3.63, 3.8) is 0 Å². The van der Waals surface area contributed by atoms with Gasteiger partial charge >= 0.3 is 0 Å². The van der Waals surface area contributed by atoms with Gasteiger partial charge in [0.25, 0.3) is 0 Å². The molecule has 4 nitrogen and oxygen atoms in total. The first-order valence-corrected chi connectivity index (χ1v) is 5.87. The first-order valence-electron chi connectivity index (χ1n) is 5.87. The van der Waals surface area contributed by atoms with Crippen LogP contribution in [0.25, 0.3) is 0 Å². The molecule has 2 aliphatic heterocycles. The van der Waals surface area contributed by atoms with Gasteiger partial charge in [0.1, 0.15) is 0 Å². The monoisotopic (exact) mass is 247 g/mol. The van der Waals surface area contributed by atoms with Crippen molar-refractivity contribution in [2.75, 3.05) is 32.7 Å². The molecule has 0 aromatic heterocycles. The molecule has 2 heterocycles. The van der Waals surface area contributed by atoms with E-state index in [1.54, 1.807) is 0 Å². The third kappa shape index (κ3) is 3.34. The molecule has 5 heteroatoms. The van der Waals surface area contributed by atoms with Gasteiger partial charge in [-0.05, 0) is 38.8 Å². The fourth-order valence-electron chi connectivity index (χ4n) is 2.65. The number of fused-ring (bicyclic) bond motifs is 1. The molecule has 16 heavy (non-hydrogen) atoms. The molecule has 94 valence electrons. The smallest absolute Gasteiger partial charge is 0.234 e. The number of carbonyl (C=O) groups excluding carboxylic acids is 1. The SMILES string of the molecule is CC(C)NC(=O)CN1C[C@H]2CNC[C@H]2C1.Cl. The van der Waals surface area contributed by atoms with Crippen LogP contribution in [0.5, 0.6) is 0 Å². The first kappa shape index (κ1) is 13.7. The van der Waals surface area contributed by atoms with Gasteiger partial charge in [0.15, 0.2) is 0 Å². The molecule has 0 aromatic rings. The van der Waals surface area contributed by atoms with Gasteiger partial charge in [-0.25, -0.2) is 0 Å². The van der Waals surface area contributed by atoms with Gasteiger partial charge in [0.05, 0.1) is 6.54 Å². The fourth-order valence-corrected chi connectivity index (χ4v) is 2.65. The normalized spacial score (nSPS) is 28.9. The van der Waals surface area contributed by atoms with Crippen LogP contribution in [0, 0.1) is 11.8 Å². The van der Waals surface area contributed by atoms with Crippen molar-refractivity contribution in [2.45, 2.75) is 19.9 Å². The minimum atomic E-state index is 0. The van der Waals surface area contributed by atoms with Crippen LogP contribution in [-0.2, 0) is 4.79 Å². The van der Waals surface area contributed by atoms with Crippen molar-refractivity contribution in [2.24, 2.45) is 11.8 Å². The summed E-state index contributed by atoms with van der Waals surface area (Å²) >= 11 is 0. The molecule has 0 bridgehead atoms. The number of nitrogens with one attached hydrogen (secondary N) is 2. The highest BCUT2D eigenvalue weighted by atomic mass is 35.5. The number of amides is 1. The van der Waals surface area contributed by atoms with Crippen molar-refractivity contribution in [3.05, 3.63) is 0 Å². The number of halogens is 1. The largest absolute Gasteiger partial charge is 0.353 e. The Balaban J connectivity index is 0.00000128. The third-order valence-electron chi connectivity index (χ3n) is 3.28. The quantitative estimate of drug-likeness (QED) is 0.743. The van der Waals surface area contributed by atoms with Crippen LogP contribution in [0.4, 0.5) is 0 Å². The Morgan fingerprint density at radius 3 is 2.44 bits per heavy atom. The van der Waals surface area contributed by atoms with Crippen molar-refractivity contribution < 1.29 is 4.79 Å². The van der Waals surface area contributed by atoms with E-state index in [9.17, 15) is 4.79 Å². The van der Waals surface area contributed by atoms with Gasteiger partial charge in [0, 0.05) is 19.1 Å². The van der Waals surface area contributed by atoms with Crippen molar-refractivity contribution in [1.29, 1.82) is 0 Å². The molecule has 0 unspecified atom stereocenters. The molecule has 2 fully saturated rings. The lowest BCUT2D eigenvalue weighted by atomic mass is 10.0. The molecular weight excluding hydrogens is 226 g/mol. The lowest BCUT2D eigenvalue weighted by Crippen LogP contribution is -2.40. The molecule has 2 aliphatic rings. The molecule has 1 amide bonds. The van der Waals surface area contributed by atoms with E-state index in [-0.39, 0.29) is 24.4 Å². The van der Waals surface area contributed by atoms with E-state index in [0.717, 1.165) is 38.0 Å². The Bertz CT molecular complexity index is 235. The predicted molar refractivity (Wildman–Crippen MR) is 66.8 cm³/mol. The molecular formula is C11H22ClN3O. The molecule has 2 atom stereocenters. The van der Waals surface area contributed by atoms with Gasteiger partial charge in [-0.3, -0.25) is 9.69 Å². The van der Waals surface area contributed by atoms with E-state index in [2.05, 4.69) is 15.5 Å². The maximum absolute atomic E-state index is 11.6. The van der Waals surface area contributed by atoms with E-state index in [0.29, 0.717) is 6.54 Å². The highest BCUT2D eigenvalue weighted by Gasteiger charge is 2.36. The van der Waals surface area contributed by atoms with Crippen LogP contribution in [-0.4, -0.2) is 49.6 Å². The average Bonchev–Trinajstić information content (AvgIpc) is 2.60. The average molecular weight is 248 g/mol. The molecule has 0 radical (unpaired) electrons. The van der Waals surface area contributed by atoms with Crippen molar-refractivity contribution >= 4 is 18.3 Å². The Morgan fingerprint density at radius 1 is 1.38 bits per heavy atom. The predicted octanol–water partition coefficient (Wildman–Crippen LogP) is 0.0840. The Hall–Kier alpha value is -0.320. The number of carbonyl (C=O) groups is 1. The minimum Gasteiger partial charge on any atom is -0.353 e. The van der Waals surface area contributed by atoms with Gasteiger partial charge in [-0.2, -0.15) is 0 Å². The Morgan fingerprint density at radius 2 is 1.94 bits per heavy atom. The molecule has 2 saturated heterocycles. The van der Waals surface area contributed by atoms with Gasteiger partial charge in [-0.15, -0.1) is 12.4 Å². The summed E-state index contributed by atoms with van der Waals surface area (Å²) in [5, 5.41) is 6.34. The Labute approximate surface area is 104 Å². The zero-order valence-corrected chi connectivity index (χ0v) is 10.8. The van der Waals surface area contributed by atoms with E-state index in [4.69, 9.17) is 0 Å². The summed E-state index contributed by atoms with van der Waals surface area (Å²) in [6.07, 6.45) is 0. The fraction of sp³-hybridized carbons (Fsp3) is 0.909. The number of likely N-dealkylation sites (tertiary alicyclic amines) is 1. The van der Waals surface area contributed by atoms with Crippen LogP contribution in [0.3, 0.4) is 0 Å². The molecule has 0 saturated carbocycles. The number of rotatable bonds is 3. The van der Waals surface area contributed by atoms with Gasteiger partial charge < -0.3 is 10.6 Å². The van der Waals surface area contributed by atoms with E-state index in [1.807, 2.05) is 13.8 Å². The summed E-state index contributed by atoms with van der Waals surface area (Å²) in [6, 6.07) is 0.251. The third-order valence-corrected chi connectivity index (χ3v) is 3.28. The zero-order chi connectivity index (χ0) is 10.8. The summed E-state index contributed by atoms with van der Waals surface area (Å²) in [6.45, 7) is 9.01. The summed E-state index contributed by atoms with van der Waals surface area (Å²) < 4.78 is 0. The van der Waals surface area contributed by atoms with Crippen LogP contribution in [0.2, 0.25) is 0 Å². The summed E-state index contributed by atoms with van der Waals surface area (Å²) in [5.74, 6) is 1.71. The molecule has 0 aliphatic carbocycles. The highest BCUT2D eigenvalue weighted by Crippen LogP contribution is 2.25. The Kier molecular flexibility index (Phi) is 5.02. The van der Waals surface area contributed by atoms with Crippen LogP contribution in [0.15, 0.2) is 0 Å². The second-order valence-corrected chi connectivity index (χ2v) is 5.09. The number of nitrogens with zero attached hydrogens (tertiary/aromatic N) is 1.